The van der Waals surface area contributed by atoms with Crippen molar-refractivity contribution in [2.75, 3.05) is 0 Å². The lowest BCUT2D eigenvalue weighted by Crippen LogP contribution is -2.35. The van der Waals surface area contributed by atoms with Crippen LogP contribution in [0.2, 0.25) is 5.02 Å². The molecule has 0 aliphatic heterocycles. The maximum atomic E-state index is 13.3. The number of furan rings is 1. The highest BCUT2D eigenvalue weighted by Crippen LogP contribution is 2.37. The highest BCUT2D eigenvalue weighted by Gasteiger charge is 2.38. The number of thiazole rings is 1. The number of hydrogen-bond donors (Lipinski definition) is 0. The number of halogens is 1. The summed E-state index contributed by atoms with van der Waals surface area (Å²) in [5.41, 5.74) is 0.738. The standard InChI is InChI=1S/C21H21ClN2O3S/c1-13-20(28-19(23-13)12-27-17-9-5-15(22)6-10-17)21(25)24(16-7-8-16)14(2)18-4-3-11-26-18/h3-6,9-11,14,16H,7-8,12H2,1-2H3. The summed E-state index contributed by atoms with van der Waals surface area (Å²) < 4.78 is 11.3. The molecule has 1 aliphatic carbocycles. The van der Waals surface area contributed by atoms with E-state index in [4.69, 9.17) is 20.8 Å². The minimum absolute atomic E-state index is 0.0131. The number of benzene rings is 1. The van der Waals surface area contributed by atoms with Gasteiger partial charge < -0.3 is 14.1 Å². The van der Waals surface area contributed by atoms with Crippen LogP contribution in [-0.4, -0.2) is 21.8 Å². The Hall–Kier alpha value is -2.31. The molecule has 0 saturated heterocycles. The molecular weight excluding hydrogens is 396 g/mol. The molecule has 1 unspecified atom stereocenters. The van der Waals surface area contributed by atoms with E-state index < -0.39 is 0 Å². The van der Waals surface area contributed by atoms with Crippen LogP contribution in [0.15, 0.2) is 47.1 Å². The number of aryl methyl sites for hydroxylation is 1. The van der Waals surface area contributed by atoms with Crippen LogP contribution in [0.4, 0.5) is 0 Å². The van der Waals surface area contributed by atoms with Crippen molar-refractivity contribution < 1.29 is 13.9 Å². The van der Waals surface area contributed by atoms with E-state index in [1.54, 1.807) is 18.4 Å². The summed E-state index contributed by atoms with van der Waals surface area (Å²) in [5.74, 6) is 1.53. The third-order valence-corrected chi connectivity index (χ3v) is 6.13. The molecule has 1 atom stereocenters. The molecule has 0 N–H and O–H groups in total. The smallest absolute Gasteiger partial charge is 0.266 e. The SMILES string of the molecule is Cc1nc(COc2ccc(Cl)cc2)sc1C(=O)N(C1CC1)C(C)c1ccco1. The van der Waals surface area contributed by atoms with E-state index >= 15 is 0 Å². The highest BCUT2D eigenvalue weighted by molar-refractivity contribution is 7.13. The Labute approximate surface area is 172 Å². The first-order chi connectivity index (χ1) is 13.5. The van der Waals surface area contributed by atoms with Crippen molar-refractivity contribution in [2.45, 2.75) is 45.4 Å². The average Bonchev–Trinajstić information content (AvgIpc) is 3.21. The fraction of sp³-hybridized carbons (Fsp3) is 0.333. The number of carbonyl (C=O) groups is 1. The van der Waals surface area contributed by atoms with Gasteiger partial charge in [0, 0.05) is 11.1 Å². The van der Waals surface area contributed by atoms with E-state index in [2.05, 4.69) is 4.98 Å². The van der Waals surface area contributed by atoms with Gasteiger partial charge in [0.2, 0.25) is 0 Å². The maximum Gasteiger partial charge on any atom is 0.266 e. The fourth-order valence-corrected chi connectivity index (χ4v) is 4.23. The molecule has 4 rings (SSSR count). The molecule has 1 aromatic carbocycles. The van der Waals surface area contributed by atoms with Crippen LogP contribution in [0.5, 0.6) is 5.75 Å². The summed E-state index contributed by atoms with van der Waals surface area (Å²) in [7, 11) is 0. The Morgan fingerprint density at radius 1 is 1.36 bits per heavy atom. The second kappa shape index (κ2) is 7.97. The van der Waals surface area contributed by atoms with Gasteiger partial charge >= 0.3 is 0 Å². The van der Waals surface area contributed by atoms with Crippen molar-refractivity contribution in [3.8, 4) is 5.75 Å². The number of carbonyl (C=O) groups excluding carboxylic acids is 1. The van der Waals surface area contributed by atoms with Gasteiger partial charge in [-0.15, -0.1) is 11.3 Å². The van der Waals surface area contributed by atoms with E-state index in [9.17, 15) is 4.79 Å². The molecule has 2 aromatic heterocycles. The van der Waals surface area contributed by atoms with Crippen LogP contribution >= 0.6 is 22.9 Å². The molecule has 1 fully saturated rings. The van der Waals surface area contributed by atoms with E-state index in [0.717, 1.165) is 35.1 Å². The van der Waals surface area contributed by atoms with Crippen molar-refractivity contribution in [3.05, 3.63) is 69.0 Å². The van der Waals surface area contributed by atoms with Crippen molar-refractivity contribution >= 4 is 28.8 Å². The topological polar surface area (TPSA) is 55.6 Å². The summed E-state index contributed by atoms with van der Waals surface area (Å²) in [4.78, 5) is 20.5. The zero-order chi connectivity index (χ0) is 19.7. The zero-order valence-electron chi connectivity index (χ0n) is 15.7. The minimum atomic E-state index is -0.106. The average molecular weight is 417 g/mol. The minimum Gasteiger partial charge on any atom is -0.486 e. The van der Waals surface area contributed by atoms with Crippen molar-refractivity contribution in [2.24, 2.45) is 0 Å². The largest absolute Gasteiger partial charge is 0.486 e. The Balaban J connectivity index is 1.50. The molecule has 7 heteroatoms. The molecule has 0 spiro atoms. The zero-order valence-corrected chi connectivity index (χ0v) is 17.3. The first-order valence-electron chi connectivity index (χ1n) is 9.23. The maximum absolute atomic E-state index is 13.3. The Bertz CT molecular complexity index is 949. The molecule has 28 heavy (non-hydrogen) atoms. The van der Waals surface area contributed by atoms with Crippen LogP contribution in [0.3, 0.4) is 0 Å². The lowest BCUT2D eigenvalue weighted by molar-refractivity contribution is 0.0657. The van der Waals surface area contributed by atoms with Gasteiger partial charge in [0.05, 0.1) is 18.0 Å². The first-order valence-corrected chi connectivity index (χ1v) is 10.4. The molecule has 0 radical (unpaired) electrons. The predicted molar refractivity (Wildman–Crippen MR) is 109 cm³/mol. The predicted octanol–water partition coefficient (Wildman–Crippen LogP) is 5.64. The summed E-state index contributed by atoms with van der Waals surface area (Å²) >= 11 is 7.29. The number of nitrogens with zero attached hydrogens (tertiary/aromatic N) is 2. The van der Waals surface area contributed by atoms with Gasteiger partial charge in [-0.2, -0.15) is 0 Å². The Kier molecular flexibility index (Phi) is 5.42. The normalized spacial score (nSPS) is 14.7. The van der Waals surface area contributed by atoms with Gasteiger partial charge in [0.15, 0.2) is 0 Å². The molecule has 3 aromatic rings. The fourth-order valence-electron chi connectivity index (χ4n) is 3.18. The van der Waals surface area contributed by atoms with Gasteiger partial charge in [0.1, 0.15) is 28.0 Å². The van der Waals surface area contributed by atoms with Crippen molar-refractivity contribution in [1.82, 2.24) is 9.88 Å². The van der Waals surface area contributed by atoms with Gasteiger partial charge in [0.25, 0.3) is 5.91 Å². The van der Waals surface area contributed by atoms with Crippen molar-refractivity contribution in [1.29, 1.82) is 0 Å². The van der Waals surface area contributed by atoms with E-state index in [1.807, 2.05) is 43.0 Å². The number of amides is 1. The van der Waals surface area contributed by atoms with Gasteiger partial charge in [-0.1, -0.05) is 11.6 Å². The molecule has 1 aliphatic rings. The van der Waals surface area contributed by atoms with E-state index in [1.165, 1.54) is 11.3 Å². The second-order valence-corrected chi connectivity index (χ2v) is 8.42. The molecule has 146 valence electrons. The number of rotatable bonds is 7. The lowest BCUT2D eigenvalue weighted by Gasteiger charge is -2.27. The molecular formula is C21H21ClN2O3S. The molecule has 1 amide bonds. The first kappa shape index (κ1) is 19.0. The summed E-state index contributed by atoms with van der Waals surface area (Å²) in [5, 5.41) is 1.44. The molecule has 5 nitrogen and oxygen atoms in total. The molecule has 2 heterocycles. The third-order valence-electron chi connectivity index (χ3n) is 4.76. The van der Waals surface area contributed by atoms with Crippen LogP contribution in [-0.2, 0) is 6.61 Å². The van der Waals surface area contributed by atoms with Crippen LogP contribution in [0.25, 0.3) is 0 Å². The van der Waals surface area contributed by atoms with E-state index in [-0.39, 0.29) is 18.0 Å². The summed E-state index contributed by atoms with van der Waals surface area (Å²) in [6.45, 7) is 4.20. The van der Waals surface area contributed by atoms with Crippen LogP contribution in [0.1, 0.15) is 51.9 Å². The molecule has 0 bridgehead atoms. The number of ether oxygens (including phenoxy) is 1. The Morgan fingerprint density at radius 3 is 2.75 bits per heavy atom. The van der Waals surface area contributed by atoms with Crippen molar-refractivity contribution in [3.63, 3.8) is 0 Å². The van der Waals surface area contributed by atoms with Crippen LogP contribution in [0, 0.1) is 6.92 Å². The van der Waals surface area contributed by atoms with Gasteiger partial charge in [-0.05, 0) is 63.1 Å². The highest BCUT2D eigenvalue weighted by atomic mass is 35.5. The van der Waals surface area contributed by atoms with Gasteiger partial charge in [-0.3, -0.25) is 4.79 Å². The summed E-state index contributed by atoms with van der Waals surface area (Å²) in [6, 6.07) is 11.1. The number of aromatic nitrogens is 1. The monoisotopic (exact) mass is 416 g/mol. The van der Waals surface area contributed by atoms with Gasteiger partial charge in [-0.25, -0.2) is 4.98 Å². The second-order valence-electron chi connectivity index (χ2n) is 6.90. The summed E-state index contributed by atoms with van der Waals surface area (Å²) in [6.07, 6.45) is 3.70. The lowest BCUT2D eigenvalue weighted by atomic mass is 10.2. The molecule has 1 saturated carbocycles. The third kappa shape index (κ3) is 4.08. The number of hydrogen-bond acceptors (Lipinski definition) is 5. The quantitative estimate of drug-likeness (QED) is 0.500. The van der Waals surface area contributed by atoms with E-state index in [0.29, 0.717) is 16.5 Å². The van der Waals surface area contributed by atoms with Crippen LogP contribution < -0.4 is 4.74 Å². The Morgan fingerprint density at radius 2 is 2.11 bits per heavy atom.